The Bertz CT molecular complexity index is 769. The number of hydrogen-bond acceptors (Lipinski definition) is 4. The van der Waals surface area contributed by atoms with Crippen molar-refractivity contribution in [1.29, 1.82) is 0 Å². The largest absolute Gasteiger partial charge is 0.495 e. The zero-order valence-corrected chi connectivity index (χ0v) is 16.0. The van der Waals surface area contributed by atoms with Crippen molar-refractivity contribution in [2.24, 2.45) is 0 Å². The maximum atomic E-state index is 12.6. The zero-order valence-electron chi connectivity index (χ0n) is 15.2. The van der Waals surface area contributed by atoms with Crippen LogP contribution in [0.3, 0.4) is 0 Å². The van der Waals surface area contributed by atoms with E-state index in [0.29, 0.717) is 16.5 Å². The van der Waals surface area contributed by atoms with Gasteiger partial charge in [-0.25, -0.2) is 4.98 Å². The fourth-order valence-corrected chi connectivity index (χ4v) is 3.27. The van der Waals surface area contributed by atoms with Crippen LogP contribution in [-0.2, 0) is 0 Å². The number of amides is 1. The third-order valence-corrected chi connectivity index (χ3v) is 5.04. The lowest BCUT2D eigenvalue weighted by Crippen LogP contribution is -2.32. The number of pyridine rings is 1. The van der Waals surface area contributed by atoms with Gasteiger partial charge in [0.15, 0.2) is 0 Å². The number of rotatable bonds is 4. The maximum absolute atomic E-state index is 12.6. The van der Waals surface area contributed by atoms with Crippen LogP contribution >= 0.6 is 11.6 Å². The number of halogens is 1. The van der Waals surface area contributed by atoms with E-state index >= 15 is 0 Å². The quantitative estimate of drug-likeness (QED) is 0.835. The summed E-state index contributed by atoms with van der Waals surface area (Å²) in [5, 5.41) is 3.93. The molecule has 1 fully saturated rings. The molecule has 1 aliphatic heterocycles. The zero-order chi connectivity index (χ0) is 18.5. The van der Waals surface area contributed by atoms with Gasteiger partial charge >= 0.3 is 0 Å². The van der Waals surface area contributed by atoms with Gasteiger partial charge in [-0.2, -0.15) is 0 Å². The number of nitrogens with one attached hydrogen (secondary N) is 1. The molecule has 0 saturated carbocycles. The van der Waals surface area contributed by atoms with Crippen molar-refractivity contribution in [3.63, 3.8) is 0 Å². The second-order valence-electron chi connectivity index (χ2n) is 6.57. The Hall–Kier alpha value is -2.27. The van der Waals surface area contributed by atoms with Crippen molar-refractivity contribution in [2.45, 2.75) is 32.6 Å². The molecule has 1 saturated heterocycles. The first kappa shape index (κ1) is 18.5. The number of methoxy groups -OCH3 is 1. The lowest BCUT2D eigenvalue weighted by molar-refractivity contribution is 0.0756. The van der Waals surface area contributed by atoms with Gasteiger partial charge in [0, 0.05) is 24.2 Å². The Kier molecular flexibility index (Phi) is 5.99. The highest BCUT2D eigenvalue weighted by Gasteiger charge is 2.18. The van der Waals surface area contributed by atoms with E-state index in [1.54, 1.807) is 25.4 Å². The smallest absolute Gasteiger partial charge is 0.272 e. The van der Waals surface area contributed by atoms with Gasteiger partial charge in [-0.05, 0) is 43.5 Å². The van der Waals surface area contributed by atoms with Crippen LogP contribution in [0.4, 0.5) is 11.4 Å². The highest BCUT2D eigenvalue weighted by molar-refractivity contribution is 6.31. The average molecular weight is 374 g/mol. The van der Waals surface area contributed by atoms with E-state index in [4.69, 9.17) is 16.3 Å². The number of carbonyl (C=O) groups is 1. The molecule has 5 nitrogen and oxygen atoms in total. The molecule has 3 rings (SSSR count). The van der Waals surface area contributed by atoms with E-state index in [1.807, 2.05) is 24.0 Å². The molecule has 6 heteroatoms. The number of likely N-dealkylation sites (tertiary alicyclic amines) is 1. The number of benzene rings is 1. The molecule has 138 valence electrons. The monoisotopic (exact) mass is 373 g/mol. The Morgan fingerprint density at radius 2 is 1.92 bits per heavy atom. The molecule has 2 aromatic rings. The molecule has 1 amide bonds. The molecule has 1 aromatic heterocycles. The topological polar surface area (TPSA) is 54.5 Å². The van der Waals surface area contributed by atoms with E-state index in [9.17, 15) is 4.79 Å². The third kappa shape index (κ3) is 4.28. The minimum Gasteiger partial charge on any atom is -0.495 e. The second kappa shape index (κ2) is 8.41. The van der Waals surface area contributed by atoms with E-state index in [-0.39, 0.29) is 5.91 Å². The summed E-state index contributed by atoms with van der Waals surface area (Å²) in [5.74, 6) is 0.670. The van der Waals surface area contributed by atoms with Gasteiger partial charge in [0.2, 0.25) is 0 Å². The van der Waals surface area contributed by atoms with Crippen LogP contribution in [0.15, 0.2) is 30.5 Å². The molecule has 0 bridgehead atoms. The van der Waals surface area contributed by atoms with Crippen LogP contribution < -0.4 is 10.1 Å². The summed E-state index contributed by atoms with van der Waals surface area (Å²) in [7, 11) is 1.60. The molecular weight excluding hydrogens is 350 g/mol. The highest BCUT2D eigenvalue weighted by atomic mass is 35.5. The first-order chi connectivity index (χ1) is 12.6. The third-order valence-electron chi connectivity index (χ3n) is 4.64. The predicted octanol–water partition coefficient (Wildman–Crippen LogP) is 4.81. The normalized spacial score (nSPS) is 14.7. The van der Waals surface area contributed by atoms with E-state index in [0.717, 1.165) is 42.9 Å². The molecule has 2 heterocycles. The fraction of sp³-hybridized carbons (Fsp3) is 0.400. The van der Waals surface area contributed by atoms with E-state index < -0.39 is 0 Å². The molecule has 1 aromatic carbocycles. The minimum atomic E-state index is 0.0124. The average Bonchev–Trinajstić information content (AvgIpc) is 2.94. The number of anilines is 2. The molecule has 1 N–H and O–H groups in total. The van der Waals surface area contributed by atoms with Crippen molar-refractivity contribution >= 4 is 28.9 Å². The molecule has 1 aliphatic rings. The second-order valence-corrected chi connectivity index (χ2v) is 6.97. The molecular formula is C20H24ClN3O2. The summed E-state index contributed by atoms with van der Waals surface area (Å²) in [6.45, 7) is 3.58. The molecule has 0 radical (unpaired) electrons. The Labute approximate surface area is 159 Å². The molecule has 0 unspecified atom stereocenters. The standard InChI is InChI=1S/C20H24ClN3O2/c1-14-11-18(19(26-2)12-16(14)21)23-15-7-8-17(22-13-15)20(25)24-9-5-3-4-6-10-24/h7-8,11-13,23H,3-6,9-10H2,1-2H3. The molecule has 0 spiro atoms. The highest BCUT2D eigenvalue weighted by Crippen LogP contribution is 2.32. The SMILES string of the molecule is COc1cc(Cl)c(C)cc1Nc1ccc(C(=O)N2CCCCCC2)nc1. The Balaban J connectivity index is 1.74. The van der Waals surface area contributed by atoms with E-state index in [2.05, 4.69) is 10.3 Å². The Morgan fingerprint density at radius 1 is 1.19 bits per heavy atom. The number of ether oxygens (including phenoxy) is 1. The van der Waals surface area contributed by atoms with E-state index in [1.165, 1.54) is 12.8 Å². The first-order valence-electron chi connectivity index (χ1n) is 8.95. The van der Waals surface area contributed by atoms with Crippen LogP contribution in [-0.4, -0.2) is 36.0 Å². The summed E-state index contributed by atoms with van der Waals surface area (Å²) in [4.78, 5) is 18.9. The summed E-state index contributed by atoms with van der Waals surface area (Å²) in [5.41, 5.74) is 3.04. The van der Waals surface area contributed by atoms with Gasteiger partial charge in [0.1, 0.15) is 11.4 Å². The lowest BCUT2D eigenvalue weighted by atomic mass is 10.2. The van der Waals surface area contributed by atoms with Crippen LogP contribution in [0.1, 0.15) is 41.7 Å². The number of nitrogens with zero attached hydrogens (tertiary/aromatic N) is 2. The summed E-state index contributed by atoms with van der Waals surface area (Å²) < 4.78 is 5.38. The van der Waals surface area contributed by atoms with Crippen LogP contribution in [0.2, 0.25) is 5.02 Å². The molecule has 0 aliphatic carbocycles. The first-order valence-corrected chi connectivity index (χ1v) is 9.33. The minimum absolute atomic E-state index is 0.0124. The van der Waals surface area contributed by atoms with Gasteiger partial charge in [-0.3, -0.25) is 4.79 Å². The van der Waals surface area contributed by atoms with Crippen molar-refractivity contribution < 1.29 is 9.53 Å². The van der Waals surface area contributed by atoms with Gasteiger partial charge in [0.25, 0.3) is 5.91 Å². The van der Waals surface area contributed by atoms with Crippen LogP contribution in [0.5, 0.6) is 5.75 Å². The van der Waals surface area contributed by atoms with Gasteiger partial charge in [-0.1, -0.05) is 24.4 Å². The van der Waals surface area contributed by atoms with Crippen molar-refractivity contribution in [3.8, 4) is 5.75 Å². The van der Waals surface area contributed by atoms with Crippen molar-refractivity contribution in [2.75, 3.05) is 25.5 Å². The molecule has 0 atom stereocenters. The Morgan fingerprint density at radius 3 is 2.54 bits per heavy atom. The van der Waals surface area contributed by atoms with Crippen LogP contribution in [0, 0.1) is 6.92 Å². The lowest BCUT2D eigenvalue weighted by Gasteiger charge is -2.20. The number of aryl methyl sites for hydroxylation is 1. The number of carbonyl (C=O) groups excluding carboxylic acids is 1. The predicted molar refractivity (Wildman–Crippen MR) is 105 cm³/mol. The number of aromatic nitrogens is 1. The number of hydrogen-bond donors (Lipinski definition) is 1. The van der Waals surface area contributed by atoms with Crippen molar-refractivity contribution in [3.05, 3.63) is 46.7 Å². The summed E-state index contributed by atoms with van der Waals surface area (Å²) in [6.07, 6.45) is 6.21. The van der Waals surface area contributed by atoms with Crippen LogP contribution in [0.25, 0.3) is 0 Å². The van der Waals surface area contributed by atoms with Gasteiger partial charge < -0.3 is 15.0 Å². The fourth-order valence-electron chi connectivity index (χ4n) is 3.12. The maximum Gasteiger partial charge on any atom is 0.272 e. The van der Waals surface area contributed by atoms with Gasteiger partial charge in [-0.15, -0.1) is 0 Å². The summed E-state index contributed by atoms with van der Waals surface area (Å²) >= 11 is 6.15. The van der Waals surface area contributed by atoms with Crippen molar-refractivity contribution in [1.82, 2.24) is 9.88 Å². The summed E-state index contributed by atoms with van der Waals surface area (Å²) in [6, 6.07) is 7.34. The van der Waals surface area contributed by atoms with Gasteiger partial charge in [0.05, 0.1) is 24.7 Å². The molecule has 26 heavy (non-hydrogen) atoms.